The zero-order valence-corrected chi connectivity index (χ0v) is 12.8. The van der Waals surface area contributed by atoms with E-state index in [1.165, 1.54) is 18.2 Å². The zero-order valence-electron chi connectivity index (χ0n) is 10.5. The molecule has 21 heavy (non-hydrogen) atoms. The molecule has 0 aliphatic carbocycles. The lowest BCUT2D eigenvalue weighted by molar-refractivity contribution is 0.594. The first kappa shape index (κ1) is 15.8. The molecule has 0 saturated heterocycles. The van der Waals surface area contributed by atoms with Crippen LogP contribution in [0.25, 0.3) is 0 Å². The number of nitriles is 1. The molecule has 0 saturated carbocycles. The molecule has 0 bridgehead atoms. The van der Waals surface area contributed by atoms with Gasteiger partial charge >= 0.3 is 0 Å². The Kier molecular flexibility index (Phi) is 4.52. The molecule has 0 aliphatic rings. The smallest absolute Gasteiger partial charge is 0.182 e. The van der Waals surface area contributed by atoms with E-state index in [0.717, 1.165) is 18.2 Å². The van der Waals surface area contributed by atoms with Gasteiger partial charge in [-0.1, -0.05) is 29.3 Å². The summed E-state index contributed by atoms with van der Waals surface area (Å²) in [7, 11) is -3.71. The van der Waals surface area contributed by atoms with E-state index in [1.54, 1.807) is 0 Å². The van der Waals surface area contributed by atoms with Crippen LogP contribution in [-0.4, -0.2) is 8.42 Å². The lowest BCUT2D eigenvalue weighted by Crippen LogP contribution is -2.06. The number of benzene rings is 2. The van der Waals surface area contributed by atoms with Crippen LogP contribution in [0.3, 0.4) is 0 Å². The molecule has 2 aromatic rings. The second-order valence-electron chi connectivity index (χ2n) is 4.25. The van der Waals surface area contributed by atoms with Crippen LogP contribution in [0.1, 0.15) is 11.1 Å². The molecular weight excluding hydrogens is 336 g/mol. The largest absolute Gasteiger partial charge is 0.223 e. The molecule has 0 unspecified atom stereocenters. The quantitative estimate of drug-likeness (QED) is 0.792. The van der Waals surface area contributed by atoms with Crippen molar-refractivity contribution in [2.75, 3.05) is 0 Å². The van der Waals surface area contributed by atoms with Crippen LogP contribution in [-0.2, 0) is 15.6 Å². The molecule has 0 fully saturated rings. The van der Waals surface area contributed by atoms with Gasteiger partial charge in [-0.05, 0) is 35.9 Å². The van der Waals surface area contributed by atoms with E-state index < -0.39 is 15.7 Å². The Morgan fingerprint density at radius 2 is 1.81 bits per heavy atom. The van der Waals surface area contributed by atoms with Gasteiger partial charge in [0.25, 0.3) is 0 Å². The van der Waals surface area contributed by atoms with E-state index in [2.05, 4.69) is 0 Å². The molecule has 0 heterocycles. The molecule has 0 aliphatic heterocycles. The summed E-state index contributed by atoms with van der Waals surface area (Å²) >= 11 is 11.5. The van der Waals surface area contributed by atoms with Gasteiger partial charge in [0.2, 0.25) is 0 Å². The normalized spacial score (nSPS) is 11.1. The highest BCUT2D eigenvalue weighted by molar-refractivity contribution is 7.90. The second-order valence-corrected chi connectivity index (χ2v) is 7.06. The maximum Gasteiger partial charge on any atom is 0.182 e. The minimum absolute atomic E-state index is 0.0886. The number of halogens is 3. The Hall–Kier alpha value is -1.61. The van der Waals surface area contributed by atoms with Crippen LogP contribution in [0.2, 0.25) is 10.0 Å². The van der Waals surface area contributed by atoms with Crippen molar-refractivity contribution in [3.8, 4) is 6.07 Å². The lowest BCUT2D eigenvalue weighted by Gasteiger charge is -2.07. The number of sulfone groups is 1. The van der Waals surface area contributed by atoms with Gasteiger partial charge in [-0.25, -0.2) is 12.8 Å². The average Bonchev–Trinajstić information content (AvgIpc) is 2.43. The maximum atomic E-state index is 13.1. The lowest BCUT2D eigenvalue weighted by atomic mass is 10.2. The molecule has 108 valence electrons. The van der Waals surface area contributed by atoms with Crippen LogP contribution >= 0.6 is 23.2 Å². The summed E-state index contributed by atoms with van der Waals surface area (Å²) in [5.41, 5.74) is 0.696. The van der Waals surface area contributed by atoms with Gasteiger partial charge in [0.1, 0.15) is 5.82 Å². The van der Waals surface area contributed by atoms with Gasteiger partial charge in [-0.2, -0.15) is 5.26 Å². The topological polar surface area (TPSA) is 57.9 Å². The summed E-state index contributed by atoms with van der Waals surface area (Å²) in [5.74, 6) is -1.05. The number of hydrogen-bond acceptors (Lipinski definition) is 3. The standard InChI is InChI=1S/C14H8Cl2FNO2S/c15-12-5-9(7-18)1-2-10(12)8-21(19,20)11-3-4-14(17)13(16)6-11/h1-6H,8H2. The van der Waals surface area contributed by atoms with Gasteiger partial charge in [-0.3, -0.25) is 0 Å². The van der Waals surface area contributed by atoms with E-state index >= 15 is 0 Å². The molecule has 3 nitrogen and oxygen atoms in total. The third kappa shape index (κ3) is 3.53. The number of rotatable bonds is 3. The van der Waals surface area contributed by atoms with Crippen molar-refractivity contribution in [3.63, 3.8) is 0 Å². The molecule has 2 rings (SSSR count). The van der Waals surface area contributed by atoms with Gasteiger partial charge in [-0.15, -0.1) is 0 Å². The molecular formula is C14H8Cl2FNO2S. The van der Waals surface area contributed by atoms with Crippen LogP contribution in [0.4, 0.5) is 4.39 Å². The highest BCUT2D eigenvalue weighted by Crippen LogP contribution is 2.25. The summed E-state index contributed by atoms with van der Waals surface area (Å²) in [4.78, 5) is -0.0886. The average molecular weight is 344 g/mol. The van der Waals surface area contributed by atoms with Gasteiger partial charge in [0.05, 0.1) is 27.3 Å². The van der Waals surface area contributed by atoms with E-state index in [-0.39, 0.29) is 20.7 Å². The van der Waals surface area contributed by atoms with Gasteiger partial charge < -0.3 is 0 Å². The van der Waals surface area contributed by atoms with E-state index in [1.807, 2.05) is 6.07 Å². The van der Waals surface area contributed by atoms with Gasteiger partial charge in [0, 0.05) is 5.02 Å². The van der Waals surface area contributed by atoms with E-state index in [4.69, 9.17) is 28.5 Å². The Labute approximate surface area is 131 Å². The summed E-state index contributed by atoms with van der Waals surface area (Å²) < 4.78 is 37.6. The SMILES string of the molecule is N#Cc1ccc(CS(=O)(=O)c2ccc(F)c(Cl)c2)c(Cl)c1. The fourth-order valence-electron chi connectivity index (χ4n) is 1.69. The molecule has 0 atom stereocenters. The molecule has 0 N–H and O–H groups in total. The first-order valence-electron chi connectivity index (χ1n) is 5.70. The summed E-state index contributed by atoms with van der Waals surface area (Å²) in [5, 5.41) is 8.67. The van der Waals surface area contributed by atoms with E-state index in [0.29, 0.717) is 11.1 Å². The highest BCUT2D eigenvalue weighted by atomic mass is 35.5. The third-order valence-corrected chi connectivity index (χ3v) is 5.08. The van der Waals surface area contributed by atoms with Crippen LogP contribution in [0.5, 0.6) is 0 Å². The summed E-state index contributed by atoms with van der Waals surface area (Å²) in [6.07, 6.45) is 0. The van der Waals surface area contributed by atoms with Crippen molar-refractivity contribution in [1.29, 1.82) is 5.26 Å². The summed E-state index contributed by atoms with van der Waals surface area (Å²) in [6, 6.07) is 9.46. The fraction of sp³-hybridized carbons (Fsp3) is 0.0714. The Bertz CT molecular complexity index is 845. The van der Waals surface area contributed by atoms with Crippen molar-refractivity contribution >= 4 is 33.0 Å². The van der Waals surface area contributed by atoms with Crippen LogP contribution < -0.4 is 0 Å². The molecule has 0 spiro atoms. The van der Waals surface area contributed by atoms with Crippen molar-refractivity contribution in [1.82, 2.24) is 0 Å². The monoisotopic (exact) mass is 343 g/mol. The maximum absolute atomic E-state index is 13.1. The first-order valence-corrected chi connectivity index (χ1v) is 8.10. The minimum Gasteiger partial charge on any atom is -0.223 e. The minimum atomic E-state index is -3.71. The summed E-state index contributed by atoms with van der Waals surface area (Å²) in [6.45, 7) is 0. The molecule has 7 heteroatoms. The predicted octanol–water partition coefficient (Wildman–Crippen LogP) is 3.98. The molecule has 2 aromatic carbocycles. The van der Waals surface area contributed by atoms with Gasteiger partial charge in [0.15, 0.2) is 9.84 Å². The molecule has 0 aromatic heterocycles. The Morgan fingerprint density at radius 3 is 2.38 bits per heavy atom. The molecule has 0 amide bonds. The van der Waals surface area contributed by atoms with E-state index in [9.17, 15) is 12.8 Å². The Balaban J connectivity index is 2.37. The first-order chi connectivity index (χ1) is 9.83. The number of nitrogens with zero attached hydrogens (tertiary/aromatic N) is 1. The second kappa shape index (κ2) is 6.02. The van der Waals surface area contributed by atoms with Crippen molar-refractivity contribution in [2.24, 2.45) is 0 Å². The fourth-order valence-corrected chi connectivity index (χ4v) is 3.66. The highest BCUT2D eigenvalue weighted by Gasteiger charge is 2.18. The van der Waals surface area contributed by atoms with Crippen LogP contribution in [0.15, 0.2) is 41.3 Å². The van der Waals surface area contributed by atoms with Crippen molar-refractivity contribution in [3.05, 3.63) is 63.4 Å². The Morgan fingerprint density at radius 1 is 1.10 bits per heavy atom. The van der Waals surface area contributed by atoms with Crippen molar-refractivity contribution < 1.29 is 12.8 Å². The predicted molar refractivity (Wildman–Crippen MR) is 78.5 cm³/mol. The molecule has 0 radical (unpaired) electrons. The van der Waals surface area contributed by atoms with Crippen molar-refractivity contribution in [2.45, 2.75) is 10.6 Å². The number of hydrogen-bond donors (Lipinski definition) is 0. The third-order valence-electron chi connectivity index (χ3n) is 2.78. The zero-order chi connectivity index (χ0) is 15.6. The van der Waals surface area contributed by atoms with Crippen LogP contribution in [0, 0.1) is 17.1 Å².